The van der Waals surface area contributed by atoms with Gasteiger partial charge in [-0.3, -0.25) is 0 Å². The highest BCUT2D eigenvalue weighted by atomic mass is 16.5. The summed E-state index contributed by atoms with van der Waals surface area (Å²) in [6.07, 6.45) is 0. The SMILES string of the molecule is COc1ccc(OC)c(NC(N)=NCCOc2cc(C)cc(C)c2)c1. The summed E-state index contributed by atoms with van der Waals surface area (Å²) in [5.41, 5.74) is 8.97. The van der Waals surface area contributed by atoms with E-state index < -0.39 is 0 Å². The van der Waals surface area contributed by atoms with Gasteiger partial charge in [0.1, 0.15) is 23.9 Å². The van der Waals surface area contributed by atoms with Gasteiger partial charge >= 0.3 is 0 Å². The van der Waals surface area contributed by atoms with Crippen molar-refractivity contribution in [2.24, 2.45) is 10.7 Å². The molecular weight excluding hydrogens is 318 g/mol. The minimum atomic E-state index is 0.288. The predicted molar refractivity (Wildman–Crippen MR) is 101 cm³/mol. The van der Waals surface area contributed by atoms with E-state index in [2.05, 4.69) is 16.4 Å². The average Bonchev–Trinajstić information content (AvgIpc) is 2.58. The first-order valence-electron chi connectivity index (χ1n) is 8.02. The smallest absolute Gasteiger partial charge is 0.193 e. The van der Waals surface area contributed by atoms with E-state index >= 15 is 0 Å². The van der Waals surface area contributed by atoms with E-state index in [0.717, 1.165) is 5.75 Å². The van der Waals surface area contributed by atoms with Crippen molar-refractivity contribution in [3.8, 4) is 17.2 Å². The third-order valence-electron chi connectivity index (χ3n) is 3.51. The molecule has 0 aromatic heterocycles. The molecule has 0 bridgehead atoms. The number of anilines is 1. The van der Waals surface area contributed by atoms with Crippen molar-refractivity contribution in [1.82, 2.24) is 0 Å². The Morgan fingerprint density at radius 2 is 1.72 bits per heavy atom. The number of nitrogens with zero attached hydrogens (tertiary/aromatic N) is 1. The summed E-state index contributed by atoms with van der Waals surface area (Å²) in [6.45, 7) is 4.97. The second-order valence-corrected chi connectivity index (χ2v) is 5.63. The van der Waals surface area contributed by atoms with Gasteiger partial charge in [0.2, 0.25) is 0 Å². The maximum atomic E-state index is 5.94. The van der Waals surface area contributed by atoms with Gasteiger partial charge < -0.3 is 25.3 Å². The van der Waals surface area contributed by atoms with Crippen molar-refractivity contribution in [3.63, 3.8) is 0 Å². The van der Waals surface area contributed by atoms with E-state index in [4.69, 9.17) is 19.9 Å². The third kappa shape index (κ3) is 5.60. The molecule has 2 aromatic carbocycles. The van der Waals surface area contributed by atoms with Crippen LogP contribution in [0.1, 0.15) is 11.1 Å². The largest absolute Gasteiger partial charge is 0.497 e. The summed E-state index contributed by atoms with van der Waals surface area (Å²) in [5, 5.41) is 3.02. The highest BCUT2D eigenvalue weighted by Gasteiger charge is 2.06. The van der Waals surface area contributed by atoms with Crippen LogP contribution in [0.2, 0.25) is 0 Å². The van der Waals surface area contributed by atoms with Crippen LogP contribution in [0.5, 0.6) is 17.2 Å². The van der Waals surface area contributed by atoms with Gasteiger partial charge in [-0.1, -0.05) is 6.07 Å². The number of benzene rings is 2. The zero-order valence-electron chi connectivity index (χ0n) is 15.1. The number of aryl methyl sites for hydroxylation is 2. The summed E-state index contributed by atoms with van der Waals surface area (Å²) >= 11 is 0. The minimum absolute atomic E-state index is 0.288. The number of methoxy groups -OCH3 is 2. The number of rotatable bonds is 7. The number of aliphatic imine (C=N–C) groups is 1. The Labute approximate surface area is 148 Å². The zero-order valence-corrected chi connectivity index (χ0v) is 15.1. The summed E-state index contributed by atoms with van der Waals surface area (Å²) < 4.78 is 16.2. The van der Waals surface area contributed by atoms with E-state index in [1.165, 1.54) is 11.1 Å². The standard InChI is InChI=1S/C19H25N3O3/c1-13-9-14(2)11-16(10-13)25-8-7-21-19(20)22-17-12-15(23-3)5-6-18(17)24-4/h5-6,9-12H,7-8H2,1-4H3,(H3,20,21,22). The van der Waals surface area contributed by atoms with Crippen molar-refractivity contribution in [1.29, 1.82) is 0 Å². The van der Waals surface area contributed by atoms with Gasteiger partial charge in [-0.05, 0) is 49.2 Å². The highest BCUT2D eigenvalue weighted by Crippen LogP contribution is 2.28. The maximum Gasteiger partial charge on any atom is 0.193 e. The fourth-order valence-corrected chi connectivity index (χ4v) is 2.44. The molecule has 0 spiro atoms. The maximum absolute atomic E-state index is 5.94. The molecule has 25 heavy (non-hydrogen) atoms. The van der Waals surface area contributed by atoms with Crippen LogP contribution in [-0.2, 0) is 0 Å². The van der Waals surface area contributed by atoms with Crippen LogP contribution in [-0.4, -0.2) is 33.3 Å². The average molecular weight is 343 g/mol. The molecule has 0 saturated carbocycles. The van der Waals surface area contributed by atoms with Crippen LogP contribution >= 0.6 is 0 Å². The fourth-order valence-electron chi connectivity index (χ4n) is 2.44. The lowest BCUT2D eigenvalue weighted by molar-refractivity contribution is 0.328. The van der Waals surface area contributed by atoms with Crippen molar-refractivity contribution >= 4 is 11.6 Å². The van der Waals surface area contributed by atoms with E-state index in [-0.39, 0.29) is 5.96 Å². The Kier molecular flexibility index (Phi) is 6.51. The van der Waals surface area contributed by atoms with Gasteiger partial charge in [-0.25, -0.2) is 4.99 Å². The Balaban J connectivity index is 1.91. The van der Waals surface area contributed by atoms with Gasteiger partial charge in [-0.15, -0.1) is 0 Å². The quantitative estimate of drug-likeness (QED) is 0.459. The van der Waals surface area contributed by atoms with Crippen LogP contribution in [0, 0.1) is 13.8 Å². The molecule has 0 amide bonds. The van der Waals surface area contributed by atoms with E-state index in [0.29, 0.717) is 30.3 Å². The van der Waals surface area contributed by atoms with Crippen molar-refractivity contribution in [2.75, 3.05) is 32.7 Å². The molecule has 0 radical (unpaired) electrons. The number of hydrogen-bond acceptors (Lipinski definition) is 4. The lowest BCUT2D eigenvalue weighted by Crippen LogP contribution is -2.24. The van der Waals surface area contributed by atoms with Crippen LogP contribution in [0.4, 0.5) is 5.69 Å². The normalized spacial score (nSPS) is 11.1. The van der Waals surface area contributed by atoms with Gasteiger partial charge in [0.25, 0.3) is 0 Å². The number of guanidine groups is 1. The molecule has 0 unspecified atom stereocenters. The number of hydrogen-bond donors (Lipinski definition) is 2. The van der Waals surface area contributed by atoms with Crippen LogP contribution in [0.25, 0.3) is 0 Å². The molecule has 2 aromatic rings. The molecule has 0 atom stereocenters. The number of ether oxygens (including phenoxy) is 3. The van der Waals surface area contributed by atoms with Crippen LogP contribution < -0.4 is 25.3 Å². The lowest BCUT2D eigenvalue weighted by Gasteiger charge is -2.12. The molecule has 2 rings (SSSR count). The molecule has 0 fully saturated rings. The molecule has 0 aliphatic heterocycles. The Morgan fingerprint density at radius 3 is 2.36 bits per heavy atom. The first-order valence-corrected chi connectivity index (χ1v) is 8.02. The van der Waals surface area contributed by atoms with E-state index in [1.54, 1.807) is 26.4 Å². The second kappa shape index (κ2) is 8.82. The van der Waals surface area contributed by atoms with Gasteiger partial charge in [-0.2, -0.15) is 0 Å². The molecule has 3 N–H and O–H groups in total. The molecule has 0 saturated heterocycles. The summed E-state index contributed by atoms with van der Waals surface area (Å²) in [7, 11) is 3.20. The summed E-state index contributed by atoms with van der Waals surface area (Å²) in [5.74, 6) is 2.49. The Morgan fingerprint density at radius 1 is 1.00 bits per heavy atom. The molecule has 6 heteroatoms. The van der Waals surface area contributed by atoms with Crippen LogP contribution in [0.3, 0.4) is 0 Å². The molecule has 6 nitrogen and oxygen atoms in total. The van der Waals surface area contributed by atoms with Crippen molar-refractivity contribution < 1.29 is 14.2 Å². The summed E-state index contributed by atoms with van der Waals surface area (Å²) in [6, 6.07) is 11.5. The first-order chi connectivity index (χ1) is 12.0. The van der Waals surface area contributed by atoms with Crippen molar-refractivity contribution in [2.45, 2.75) is 13.8 Å². The van der Waals surface area contributed by atoms with Crippen molar-refractivity contribution in [3.05, 3.63) is 47.5 Å². The Bertz CT molecular complexity index is 724. The lowest BCUT2D eigenvalue weighted by atomic mass is 10.1. The fraction of sp³-hybridized carbons (Fsp3) is 0.316. The molecule has 134 valence electrons. The molecule has 0 aliphatic carbocycles. The van der Waals surface area contributed by atoms with E-state index in [9.17, 15) is 0 Å². The van der Waals surface area contributed by atoms with Gasteiger partial charge in [0.15, 0.2) is 5.96 Å². The first kappa shape index (κ1) is 18.4. The summed E-state index contributed by atoms with van der Waals surface area (Å²) in [4.78, 5) is 4.27. The number of nitrogens with two attached hydrogens (primary N) is 1. The van der Waals surface area contributed by atoms with Gasteiger partial charge in [0.05, 0.1) is 26.5 Å². The predicted octanol–water partition coefficient (Wildman–Crippen LogP) is 3.13. The monoisotopic (exact) mass is 343 g/mol. The van der Waals surface area contributed by atoms with Gasteiger partial charge in [0, 0.05) is 6.07 Å². The molecular formula is C19H25N3O3. The zero-order chi connectivity index (χ0) is 18.2. The topological polar surface area (TPSA) is 78.1 Å². The highest BCUT2D eigenvalue weighted by molar-refractivity contribution is 5.94. The third-order valence-corrected chi connectivity index (χ3v) is 3.51. The molecule has 0 aliphatic rings. The molecule has 0 heterocycles. The minimum Gasteiger partial charge on any atom is -0.497 e. The van der Waals surface area contributed by atoms with Crippen LogP contribution in [0.15, 0.2) is 41.4 Å². The Hall–Kier alpha value is -2.89. The second-order valence-electron chi connectivity index (χ2n) is 5.63. The van der Waals surface area contributed by atoms with E-state index in [1.807, 2.05) is 32.0 Å². The number of nitrogens with one attached hydrogen (secondary N) is 1.